The highest BCUT2D eigenvalue weighted by Gasteiger charge is 2.30. The Morgan fingerprint density at radius 1 is 1.31 bits per heavy atom. The SMILES string of the molecule is CO[C@H]1CN(C(C)C)C[C@@H]1N.Cl.Cl. The van der Waals surface area contributed by atoms with Crippen molar-refractivity contribution >= 4 is 24.8 Å². The van der Waals surface area contributed by atoms with E-state index in [9.17, 15) is 0 Å². The molecular formula is C8H20Cl2N2O. The lowest BCUT2D eigenvalue weighted by molar-refractivity contribution is 0.0951. The van der Waals surface area contributed by atoms with E-state index in [2.05, 4.69) is 18.7 Å². The monoisotopic (exact) mass is 230 g/mol. The first-order chi connectivity index (χ1) is 5.15. The third kappa shape index (κ3) is 4.00. The van der Waals surface area contributed by atoms with Crippen LogP contribution in [-0.4, -0.2) is 43.3 Å². The molecule has 1 aliphatic rings. The fourth-order valence-electron chi connectivity index (χ4n) is 1.50. The number of ether oxygens (including phenoxy) is 1. The van der Waals surface area contributed by atoms with Crippen molar-refractivity contribution in [3.05, 3.63) is 0 Å². The molecule has 2 atom stereocenters. The van der Waals surface area contributed by atoms with E-state index < -0.39 is 0 Å². The Bertz CT molecular complexity index is 135. The number of nitrogens with zero attached hydrogens (tertiary/aromatic N) is 1. The Morgan fingerprint density at radius 2 is 1.85 bits per heavy atom. The minimum absolute atomic E-state index is 0. The lowest BCUT2D eigenvalue weighted by atomic mass is 10.2. The summed E-state index contributed by atoms with van der Waals surface area (Å²) in [6.07, 6.45) is 0.234. The van der Waals surface area contributed by atoms with E-state index in [0.717, 1.165) is 13.1 Å². The maximum atomic E-state index is 5.85. The molecule has 1 aliphatic heterocycles. The highest BCUT2D eigenvalue weighted by Crippen LogP contribution is 2.13. The zero-order valence-electron chi connectivity index (χ0n) is 8.40. The van der Waals surface area contributed by atoms with E-state index in [0.29, 0.717) is 6.04 Å². The summed E-state index contributed by atoms with van der Waals surface area (Å²) in [6, 6.07) is 0.781. The maximum absolute atomic E-state index is 5.85. The molecule has 1 rings (SSSR count). The molecule has 0 aromatic rings. The van der Waals surface area contributed by atoms with Crippen molar-refractivity contribution in [2.24, 2.45) is 5.73 Å². The highest BCUT2D eigenvalue weighted by molar-refractivity contribution is 5.85. The molecule has 2 N–H and O–H groups in total. The lowest BCUT2D eigenvalue weighted by Crippen LogP contribution is -2.34. The first-order valence-corrected chi connectivity index (χ1v) is 4.17. The van der Waals surface area contributed by atoms with Gasteiger partial charge in [-0.15, -0.1) is 24.8 Å². The Balaban J connectivity index is 0. The third-order valence-corrected chi connectivity index (χ3v) is 2.37. The van der Waals surface area contributed by atoms with Gasteiger partial charge in [0.15, 0.2) is 0 Å². The molecule has 0 aliphatic carbocycles. The van der Waals surface area contributed by atoms with Crippen LogP contribution in [0.4, 0.5) is 0 Å². The number of nitrogens with two attached hydrogens (primary N) is 1. The largest absolute Gasteiger partial charge is 0.378 e. The smallest absolute Gasteiger partial charge is 0.0861 e. The molecule has 1 saturated heterocycles. The summed E-state index contributed by atoms with van der Waals surface area (Å²) in [5, 5.41) is 0. The van der Waals surface area contributed by atoms with Crippen LogP contribution in [0.1, 0.15) is 13.8 Å². The van der Waals surface area contributed by atoms with E-state index >= 15 is 0 Å². The van der Waals surface area contributed by atoms with Crippen molar-refractivity contribution < 1.29 is 4.74 Å². The van der Waals surface area contributed by atoms with E-state index in [1.54, 1.807) is 7.11 Å². The van der Waals surface area contributed by atoms with Gasteiger partial charge in [0.25, 0.3) is 0 Å². The zero-order chi connectivity index (χ0) is 8.43. The molecule has 5 heteroatoms. The summed E-state index contributed by atoms with van der Waals surface area (Å²) >= 11 is 0. The average Bonchev–Trinajstić information content (AvgIpc) is 2.31. The Labute approximate surface area is 92.8 Å². The summed E-state index contributed by atoms with van der Waals surface area (Å²) < 4.78 is 5.24. The van der Waals surface area contributed by atoms with Crippen LogP contribution in [0.3, 0.4) is 0 Å². The number of rotatable bonds is 2. The first kappa shape index (κ1) is 15.9. The molecule has 0 spiro atoms. The van der Waals surface area contributed by atoms with Crippen molar-refractivity contribution in [1.29, 1.82) is 0 Å². The minimum Gasteiger partial charge on any atom is -0.378 e. The molecule has 0 unspecified atom stereocenters. The fraction of sp³-hybridized carbons (Fsp3) is 1.00. The summed E-state index contributed by atoms with van der Waals surface area (Å²) in [6.45, 7) is 6.32. The van der Waals surface area contributed by atoms with Gasteiger partial charge < -0.3 is 10.5 Å². The molecule has 1 heterocycles. The van der Waals surface area contributed by atoms with Gasteiger partial charge in [-0.3, -0.25) is 4.90 Å². The number of likely N-dealkylation sites (tertiary alicyclic amines) is 1. The summed E-state index contributed by atoms with van der Waals surface area (Å²) in [4.78, 5) is 2.35. The zero-order valence-corrected chi connectivity index (χ0v) is 10.0. The number of methoxy groups -OCH3 is 1. The Morgan fingerprint density at radius 3 is 2.08 bits per heavy atom. The second kappa shape index (κ2) is 6.85. The first-order valence-electron chi connectivity index (χ1n) is 4.17. The number of halogens is 2. The van der Waals surface area contributed by atoms with Crippen LogP contribution in [0.15, 0.2) is 0 Å². The standard InChI is InChI=1S/C8H18N2O.2ClH/c1-6(2)10-4-7(9)8(5-10)11-3;;/h6-8H,4-5,9H2,1-3H3;2*1H/t7-,8-;;/m0../s1. The van der Waals surface area contributed by atoms with E-state index in [4.69, 9.17) is 10.5 Å². The van der Waals surface area contributed by atoms with Crippen molar-refractivity contribution in [1.82, 2.24) is 4.90 Å². The topological polar surface area (TPSA) is 38.5 Å². The van der Waals surface area contributed by atoms with E-state index in [-0.39, 0.29) is 37.0 Å². The van der Waals surface area contributed by atoms with Gasteiger partial charge in [-0.25, -0.2) is 0 Å². The van der Waals surface area contributed by atoms with Crippen molar-refractivity contribution in [3.8, 4) is 0 Å². The second-order valence-electron chi connectivity index (χ2n) is 3.49. The molecule has 0 radical (unpaired) electrons. The molecular weight excluding hydrogens is 211 g/mol. The molecule has 0 aromatic carbocycles. The summed E-state index contributed by atoms with van der Waals surface area (Å²) in [5.74, 6) is 0. The lowest BCUT2D eigenvalue weighted by Gasteiger charge is -2.19. The van der Waals surface area contributed by atoms with Crippen LogP contribution in [0.5, 0.6) is 0 Å². The predicted octanol–water partition coefficient (Wildman–Crippen LogP) is 0.896. The van der Waals surface area contributed by atoms with Gasteiger partial charge in [-0.2, -0.15) is 0 Å². The summed E-state index contributed by atoms with van der Waals surface area (Å²) in [7, 11) is 1.73. The number of hydrogen-bond donors (Lipinski definition) is 1. The maximum Gasteiger partial charge on any atom is 0.0861 e. The Kier molecular flexibility index (Phi) is 8.38. The van der Waals surface area contributed by atoms with Gasteiger partial charge in [0.05, 0.1) is 6.10 Å². The molecule has 13 heavy (non-hydrogen) atoms. The molecule has 0 bridgehead atoms. The highest BCUT2D eigenvalue weighted by atomic mass is 35.5. The van der Waals surface area contributed by atoms with Crippen LogP contribution in [-0.2, 0) is 4.74 Å². The molecule has 82 valence electrons. The predicted molar refractivity (Wildman–Crippen MR) is 60.0 cm³/mol. The second-order valence-corrected chi connectivity index (χ2v) is 3.49. The molecule has 0 amide bonds. The fourth-order valence-corrected chi connectivity index (χ4v) is 1.50. The quantitative estimate of drug-likeness (QED) is 0.767. The van der Waals surface area contributed by atoms with Crippen molar-refractivity contribution in [2.45, 2.75) is 32.0 Å². The molecule has 0 saturated carbocycles. The van der Waals surface area contributed by atoms with Crippen molar-refractivity contribution in [2.75, 3.05) is 20.2 Å². The van der Waals surface area contributed by atoms with Crippen LogP contribution in [0, 0.1) is 0 Å². The minimum atomic E-state index is 0. The van der Waals surface area contributed by atoms with Gasteiger partial charge in [0.2, 0.25) is 0 Å². The van der Waals surface area contributed by atoms with Crippen LogP contribution < -0.4 is 5.73 Å². The number of hydrogen-bond acceptors (Lipinski definition) is 3. The summed E-state index contributed by atoms with van der Waals surface area (Å²) in [5.41, 5.74) is 5.85. The molecule has 3 nitrogen and oxygen atoms in total. The van der Waals surface area contributed by atoms with Crippen molar-refractivity contribution in [3.63, 3.8) is 0 Å². The van der Waals surface area contributed by atoms with E-state index in [1.165, 1.54) is 0 Å². The third-order valence-electron chi connectivity index (χ3n) is 2.37. The van der Waals surface area contributed by atoms with Gasteiger partial charge in [0.1, 0.15) is 0 Å². The van der Waals surface area contributed by atoms with Crippen LogP contribution in [0.2, 0.25) is 0 Å². The van der Waals surface area contributed by atoms with Gasteiger partial charge in [0, 0.05) is 32.3 Å². The normalized spacial score (nSPS) is 28.4. The molecule has 0 aromatic heterocycles. The van der Waals surface area contributed by atoms with Crippen LogP contribution in [0.25, 0.3) is 0 Å². The van der Waals surface area contributed by atoms with Gasteiger partial charge in [-0.05, 0) is 13.8 Å². The van der Waals surface area contributed by atoms with Crippen LogP contribution >= 0.6 is 24.8 Å². The average molecular weight is 231 g/mol. The molecule has 1 fully saturated rings. The Hall–Kier alpha value is 0.460. The van der Waals surface area contributed by atoms with Gasteiger partial charge >= 0.3 is 0 Å². The van der Waals surface area contributed by atoms with Gasteiger partial charge in [-0.1, -0.05) is 0 Å². The van der Waals surface area contributed by atoms with E-state index in [1.807, 2.05) is 0 Å².